The first-order valence-corrected chi connectivity index (χ1v) is 11.4. The first kappa shape index (κ1) is 22.4. The van der Waals surface area contributed by atoms with Crippen molar-refractivity contribution >= 4 is 27.5 Å². The fourth-order valence-corrected chi connectivity index (χ4v) is 5.10. The van der Waals surface area contributed by atoms with Gasteiger partial charge in [-0.1, -0.05) is 23.7 Å². The minimum absolute atomic E-state index is 0.113. The Kier molecular flexibility index (Phi) is 7.23. The lowest BCUT2D eigenvalue weighted by atomic mass is 9.99. The number of sulfonamides is 1. The molecule has 0 aliphatic carbocycles. The van der Waals surface area contributed by atoms with Crippen LogP contribution in [-0.4, -0.2) is 45.9 Å². The largest absolute Gasteiger partial charge is 0.493 e. The third-order valence-corrected chi connectivity index (χ3v) is 7.24. The van der Waals surface area contributed by atoms with Crippen molar-refractivity contribution in [3.05, 3.63) is 53.1 Å². The molecule has 2 aromatic carbocycles. The lowest BCUT2D eigenvalue weighted by Gasteiger charge is -2.31. The number of nitrogens with one attached hydrogen (secondary N) is 1. The fourth-order valence-electron chi connectivity index (χ4n) is 3.44. The Morgan fingerprint density at radius 3 is 2.50 bits per heavy atom. The van der Waals surface area contributed by atoms with Gasteiger partial charge in [-0.3, -0.25) is 4.79 Å². The van der Waals surface area contributed by atoms with Gasteiger partial charge in [0.15, 0.2) is 11.5 Å². The van der Waals surface area contributed by atoms with Crippen molar-refractivity contribution in [2.24, 2.45) is 5.92 Å². The number of ether oxygens (including phenoxy) is 2. The minimum atomic E-state index is -3.75. The topological polar surface area (TPSA) is 84.9 Å². The standard InChI is InChI=1S/C21H25ClN2O5S/c1-28-19-10-9-18(12-20(19)29-2)30(26,27)24-11-3-4-16(14-24)21(25)23-13-15-5-7-17(22)8-6-15/h5-10,12,16H,3-4,11,13-14H2,1-2H3,(H,23,25)/t16-/m0/s1. The first-order chi connectivity index (χ1) is 14.3. The second-order valence-electron chi connectivity index (χ2n) is 7.06. The molecule has 162 valence electrons. The van der Waals surface area contributed by atoms with Crippen LogP contribution in [0.3, 0.4) is 0 Å². The van der Waals surface area contributed by atoms with Crippen LogP contribution in [0.5, 0.6) is 11.5 Å². The van der Waals surface area contributed by atoms with Gasteiger partial charge < -0.3 is 14.8 Å². The molecule has 30 heavy (non-hydrogen) atoms. The Labute approximate surface area is 182 Å². The highest BCUT2D eigenvalue weighted by molar-refractivity contribution is 7.89. The van der Waals surface area contributed by atoms with Crippen molar-refractivity contribution < 1.29 is 22.7 Å². The maximum atomic E-state index is 13.1. The predicted octanol–water partition coefficient (Wildman–Crippen LogP) is 3.07. The van der Waals surface area contributed by atoms with E-state index in [1.807, 2.05) is 12.1 Å². The van der Waals surface area contributed by atoms with Gasteiger partial charge in [0.2, 0.25) is 15.9 Å². The van der Waals surface area contributed by atoms with Gasteiger partial charge >= 0.3 is 0 Å². The van der Waals surface area contributed by atoms with E-state index in [0.717, 1.165) is 5.56 Å². The molecule has 1 heterocycles. The van der Waals surface area contributed by atoms with Gasteiger partial charge in [0.1, 0.15) is 0 Å². The summed E-state index contributed by atoms with van der Waals surface area (Å²) in [5, 5.41) is 3.53. The quantitative estimate of drug-likeness (QED) is 0.697. The van der Waals surface area contributed by atoms with Gasteiger partial charge in [-0.15, -0.1) is 0 Å². The average Bonchev–Trinajstić information content (AvgIpc) is 2.78. The lowest BCUT2D eigenvalue weighted by molar-refractivity contribution is -0.126. The molecule has 0 saturated carbocycles. The van der Waals surface area contributed by atoms with E-state index in [9.17, 15) is 13.2 Å². The van der Waals surface area contributed by atoms with Gasteiger partial charge in [0, 0.05) is 30.7 Å². The van der Waals surface area contributed by atoms with Gasteiger partial charge in [-0.05, 0) is 42.7 Å². The number of piperidine rings is 1. The van der Waals surface area contributed by atoms with Gasteiger partial charge in [-0.25, -0.2) is 8.42 Å². The van der Waals surface area contributed by atoms with Crippen LogP contribution in [0, 0.1) is 5.92 Å². The number of hydrogen-bond acceptors (Lipinski definition) is 5. The SMILES string of the molecule is COc1ccc(S(=O)(=O)N2CCC[C@H](C(=O)NCc3ccc(Cl)cc3)C2)cc1OC. The summed E-state index contributed by atoms with van der Waals surface area (Å²) in [6, 6.07) is 11.7. The van der Waals surface area contributed by atoms with E-state index in [-0.39, 0.29) is 17.3 Å². The molecule has 7 nitrogen and oxygen atoms in total. The Balaban J connectivity index is 1.68. The highest BCUT2D eigenvalue weighted by Crippen LogP contribution is 2.32. The molecule has 0 spiro atoms. The summed E-state index contributed by atoms with van der Waals surface area (Å²) < 4.78 is 38.0. The van der Waals surface area contributed by atoms with Crippen LogP contribution in [0.15, 0.2) is 47.4 Å². The van der Waals surface area contributed by atoms with E-state index < -0.39 is 15.9 Å². The summed E-state index contributed by atoms with van der Waals surface area (Å²) in [5.74, 6) is 0.237. The molecular formula is C21H25ClN2O5S. The first-order valence-electron chi connectivity index (χ1n) is 9.59. The number of amides is 1. The Morgan fingerprint density at radius 2 is 1.83 bits per heavy atom. The maximum absolute atomic E-state index is 13.1. The maximum Gasteiger partial charge on any atom is 0.243 e. The third-order valence-electron chi connectivity index (χ3n) is 5.13. The average molecular weight is 453 g/mol. The summed E-state index contributed by atoms with van der Waals surface area (Å²) in [6.07, 6.45) is 1.26. The summed E-state index contributed by atoms with van der Waals surface area (Å²) in [7, 11) is -0.810. The summed E-state index contributed by atoms with van der Waals surface area (Å²) in [6.45, 7) is 0.885. The van der Waals surface area contributed by atoms with Crippen molar-refractivity contribution in [3.8, 4) is 11.5 Å². The normalized spacial score (nSPS) is 17.4. The zero-order valence-electron chi connectivity index (χ0n) is 16.9. The number of rotatable bonds is 7. The van der Waals surface area contributed by atoms with E-state index in [1.54, 1.807) is 18.2 Å². The van der Waals surface area contributed by atoms with Crippen molar-refractivity contribution in [1.82, 2.24) is 9.62 Å². The lowest BCUT2D eigenvalue weighted by Crippen LogP contribution is -2.45. The Morgan fingerprint density at radius 1 is 1.13 bits per heavy atom. The molecule has 1 saturated heterocycles. The molecule has 0 aromatic heterocycles. The fraction of sp³-hybridized carbons (Fsp3) is 0.381. The highest BCUT2D eigenvalue weighted by Gasteiger charge is 2.33. The number of nitrogens with zero attached hydrogens (tertiary/aromatic N) is 1. The smallest absolute Gasteiger partial charge is 0.243 e. The van der Waals surface area contributed by atoms with Gasteiger partial charge in [0.25, 0.3) is 0 Å². The van der Waals surface area contributed by atoms with Crippen LogP contribution in [0.25, 0.3) is 0 Å². The Hall–Kier alpha value is -2.29. The molecular weight excluding hydrogens is 428 g/mol. The van der Waals surface area contributed by atoms with Crippen molar-refractivity contribution in [2.45, 2.75) is 24.3 Å². The van der Waals surface area contributed by atoms with Crippen LogP contribution in [-0.2, 0) is 21.4 Å². The molecule has 1 N–H and O–H groups in total. The molecule has 2 aromatic rings. The second kappa shape index (κ2) is 9.68. The predicted molar refractivity (Wildman–Crippen MR) is 114 cm³/mol. The molecule has 1 aliphatic heterocycles. The van der Waals surface area contributed by atoms with E-state index in [2.05, 4.69) is 5.32 Å². The summed E-state index contributed by atoms with van der Waals surface area (Å²) in [4.78, 5) is 12.7. The summed E-state index contributed by atoms with van der Waals surface area (Å²) in [5.41, 5.74) is 0.929. The number of carbonyl (C=O) groups excluding carboxylic acids is 1. The van der Waals surface area contributed by atoms with E-state index in [4.69, 9.17) is 21.1 Å². The molecule has 0 radical (unpaired) electrons. The Bertz CT molecular complexity index is 995. The van der Waals surface area contributed by atoms with E-state index in [1.165, 1.54) is 30.7 Å². The van der Waals surface area contributed by atoms with Crippen LogP contribution in [0.2, 0.25) is 5.02 Å². The number of carbonyl (C=O) groups is 1. The highest BCUT2D eigenvalue weighted by atomic mass is 35.5. The van der Waals surface area contributed by atoms with Crippen molar-refractivity contribution in [1.29, 1.82) is 0 Å². The molecule has 1 amide bonds. The number of halogens is 1. The van der Waals surface area contributed by atoms with Crippen LogP contribution < -0.4 is 14.8 Å². The van der Waals surface area contributed by atoms with E-state index in [0.29, 0.717) is 42.5 Å². The molecule has 0 unspecified atom stereocenters. The molecule has 9 heteroatoms. The molecule has 1 atom stereocenters. The molecule has 1 aliphatic rings. The number of benzene rings is 2. The van der Waals surface area contributed by atoms with Crippen LogP contribution >= 0.6 is 11.6 Å². The van der Waals surface area contributed by atoms with Crippen LogP contribution in [0.1, 0.15) is 18.4 Å². The zero-order valence-corrected chi connectivity index (χ0v) is 18.5. The van der Waals surface area contributed by atoms with Gasteiger partial charge in [-0.2, -0.15) is 4.31 Å². The van der Waals surface area contributed by atoms with Gasteiger partial charge in [0.05, 0.1) is 25.0 Å². The number of methoxy groups -OCH3 is 2. The monoisotopic (exact) mass is 452 g/mol. The van der Waals surface area contributed by atoms with E-state index >= 15 is 0 Å². The van der Waals surface area contributed by atoms with Crippen LogP contribution in [0.4, 0.5) is 0 Å². The summed E-state index contributed by atoms with van der Waals surface area (Å²) >= 11 is 5.88. The van der Waals surface area contributed by atoms with Crippen molar-refractivity contribution in [2.75, 3.05) is 27.3 Å². The van der Waals surface area contributed by atoms with Crippen molar-refractivity contribution in [3.63, 3.8) is 0 Å². The third kappa shape index (κ3) is 5.06. The minimum Gasteiger partial charge on any atom is -0.493 e. The molecule has 3 rings (SSSR count). The zero-order chi connectivity index (χ0) is 21.7. The molecule has 1 fully saturated rings. The second-order valence-corrected chi connectivity index (χ2v) is 9.44. The number of hydrogen-bond donors (Lipinski definition) is 1. The molecule has 0 bridgehead atoms.